The number of hydrogen-bond donors (Lipinski definition) is 2. The van der Waals surface area contributed by atoms with E-state index in [1.807, 2.05) is 0 Å². The fourth-order valence-corrected chi connectivity index (χ4v) is 0.854. The molecule has 0 spiro atoms. The number of nitrogens with one attached hydrogen (secondary N) is 1. The minimum Gasteiger partial charge on any atom is -0.459 e. The second-order valence-electron chi connectivity index (χ2n) is 2.72. The van der Waals surface area contributed by atoms with E-state index in [1.54, 1.807) is 6.92 Å². The van der Waals surface area contributed by atoms with Gasteiger partial charge in [0.2, 0.25) is 0 Å². The van der Waals surface area contributed by atoms with Crippen molar-refractivity contribution >= 4 is 5.97 Å². The average molecular weight is 184 g/mol. The molecule has 1 rings (SSSR count). The minimum atomic E-state index is -0.422. The summed E-state index contributed by atoms with van der Waals surface area (Å²) >= 11 is 0. The van der Waals surface area contributed by atoms with Gasteiger partial charge in [-0.15, -0.1) is 0 Å². The largest absolute Gasteiger partial charge is 0.459 e. The fourth-order valence-electron chi connectivity index (χ4n) is 0.854. The third-order valence-corrected chi connectivity index (χ3v) is 1.58. The number of nitrogens with zero attached hydrogens (tertiary/aromatic N) is 1. The molecule has 1 aromatic heterocycles. The number of rotatable bonds is 4. The first-order valence-corrected chi connectivity index (χ1v) is 4.04. The lowest BCUT2D eigenvalue weighted by Gasteiger charge is -2.10. The van der Waals surface area contributed by atoms with Gasteiger partial charge in [0.25, 0.3) is 0 Å². The molecule has 0 amide bonds. The lowest BCUT2D eigenvalue weighted by atomic mass is 10.3. The molecule has 1 atom stereocenters. The van der Waals surface area contributed by atoms with E-state index in [9.17, 15) is 4.79 Å². The highest BCUT2D eigenvalue weighted by molar-refractivity contribution is 5.88. The van der Waals surface area contributed by atoms with Crippen molar-refractivity contribution < 1.29 is 14.6 Å². The van der Waals surface area contributed by atoms with Crippen LogP contribution < -0.4 is 0 Å². The van der Waals surface area contributed by atoms with Crippen LogP contribution in [-0.4, -0.2) is 34.0 Å². The number of H-pyrrole nitrogens is 1. The number of esters is 1. The first kappa shape index (κ1) is 9.73. The van der Waals surface area contributed by atoms with E-state index in [0.717, 1.165) is 0 Å². The summed E-state index contributed by atoms with van der Waals surface area (Å²) in [4.78, 5) is 11.2. The van der Waals surface area contributed by atoms with Crippen molar-refractivity contribution in [1.82, 2.24) is 10.2 Å². The number of carbonyl (C=O) groups excluding carboxylic acids is 1. The van der Waals surface area contributed by atoms with Gasteiger partial charge in [-0.25, -0.2) is 4.79 Å². The van der Waals surface area contributed by atoms with Crippen molar-refractivity contribution in [2.45, 2.75) is 19.4 Å². The third-order valence-electron chi connectivity index (χ3n) is 1.58. The summed E-state index contributed by atoms with van der Waals surface area (Å²) in [6, 6.07) is 0. The van der Waals surface area contributed by atoms with Crippen molar-refractivity contribution in [3.05, 3.63) is 18.0 Å². The Bertz CT molecular complexity index is 258. The van der Waals surface area contributed by atoms with E-state index in [1.165, 1.54) is 12.4 Å². The lowest BCUT2D eigenvalue weighted by Crippen LogP contribution is -2.15. The molecule has 0 bridgehead atoms. The second kappa shape index (κ2) is 4.61. The summed E-state index contributed by atoms with van der Waals surface area (Å²) in [6.07, 6.45) is 3.04. The molecule has 0 aliphatic heterocycles. The quantitative estimate of drug-likeness (QED) is 0.661. The number of hydrogen-bond acceptors (Lipinski definition) is 4. The van der Waals surface area contributed by atoms with E-state index in [0.29, 0.717) is 12.0 Å². The zero-order chi connectivity index (χ0) is 9.68. The van der Waals surface area contributed by atoms with Gasteiger partial charge < -0.3 is 9.84 Å². The molecule has 13 heavy (non-hydrogen) atoms. The predicted octanol–water partition coefficient (Wildman–Crippen LogP) is 0.337. The zero-order valence-electron chi connectivity index (χ0n) is 7.36. The molecule has 0 fully saturated rings. The summed E-state index contributed by atoms with van der Waals surface area (Å²) in [5.74, 6) is -0.422. The number of carbonyl (C=O) groups is 1. The summed E-state index contributed by atoms with van der Waals surface area (Å²) in [6.45, 7) is 1.74. The minimum absolute atomic E-state index is 0.0137. The smallest absolute Gasteiger partial charge is 0.341 e. The molecule has 5 nitrogen and oxygen atoms in total. The maximum absolute atomic E-state index is 11.2. The summed E-state index contributed by atoms with van der Waals surface area (Å²) in [5, 5.41) is 14.7. The Morgan fingerprint density at radius 2 is 2.62 bits per heavy atom. The monoisotopic (exact) mass is 184 g/mol. The Hall–Kier alpha value is -1.36. The van der Waals surface area contributed by atoms with Crippen LogP contribution >= 0.6 is 0 Å². The van der Waals surface area contributed by atoms with Crippen molar-refractivity contribution in [2.75, 3.05) is 6.61 Å². The Labute approximate surface area is 75.7 Å². The molecule has 0 aromatic carbocycles. The molecule has 0 radical (unpaired) electrons. The standard InChI is InChI=1S/C8H12N2O3/c1-6(2-3-11)13-8(12)7-4-9-10-5-7/h4-6,11H,2-3H2,1H3,(H,9,10). The Kier molecular flexibility index (Phi) is 3.45. The van der Waals surface area contributed by atoms with Crippen LogP contribution in [0.25, 0.3) is 0 Å². The van der Waals surface area contributed by atoms with Crippen LogP contribution in [0.2, 0.25) is 0 Å². The highest BCUT2D eigenvalue weighted by atomic mass is 16.5. The van der Waals surface area contributed by atoms with Gasteiger partial charge in [0.05, 0.1) is 11.8 Å². The normalized spacial score (nSPS) is 12.5. The SMILES string of the molecule is CC(CCO)OC(=O)c1cn[nH]c1. The van der Waals surface area contributed by atoms with Gasteiger partial charge in [0.15, 0.2) is 0 Å². The van der Waals surface area contributed by atoms with Crippen molar-refractivity contribution in [3.8, 4) is 0 Å². The van der Waals surface area contributed by atoms with E-state index in [2.05, 4.69) is 10.2 Å². The van der Waals surface area contributed by atoms with Crippen molar-refractivity contribution in [2.24, 2.45) is 0 Å². The van der Waals surface area contributed by atoms with Crippen molar-refractivity contribution in [1.29, 1.82) is 0 Å². The molecule has 1 aromatic rings. The van der Waals surface area contributed by atoms with Crippen LogP contribution in [0.5, 0.6) is 0 Å². The van der Waals surface area contributed by atoms with Crippen LogP contribution in [0, 0.1) is 0 Å². The highest BCUT2D eigenvalue weighted by Gasteiger charge is 2.11. The second-order valence-corrected chi connectivity index (χ2v) is 2.72. The van der Waals surface area contributed by atoms with Crippen LogP contribution in [0.1, 0.15) is 23.7 Å². The molecular formula is C8H12N2O3. The first-order chi connectivity index (χ1) is 6.24. The molecule has 0 saturated heterocycles. The van der Waals surface area contributed by atoms with Crippen LogP contribution in [0.4, 0.5) is 0 Å². The molecule has 72 valence electrons. The molecule has 2 N–H and O–H groups in total. The summed E-state index contributed by atoms with van der Waals surface area (Å²) in [7, 11) is 0. The Morgan fingerprint density at radius 3 is 3.15 bits per heavy atom. The molecule has 5 heteroatoms. The molecule has 0 saturated carbocycles. The number of aliphatic hydroxyl groups is 1. The predicted molar refractivity (Wildman–Crippen MR) is 45.2 cm³/mol. The van der Waals surface area contributed by atoms with Gasteiger partial charge >= 0.3 is 5.97 Å². The van der Waals surface area contributed by atoms with Gasteiger partial charge in [-0.2, -0.15) is 5.10 Å². The highest BCUT2D eigenvalue weighted by Crippen LogP contribution is 2.03. The molecule has 0 aliphatic carbocycles. The topological polar surface area (TPSA) is 75.2 Å². The van der Waals surface area contributed by atoms with E-state index >= 15 is 0 Å². The van der Waals surface area contributed by atoms with Crippen LogP contribution in [0.3, 0.4) is 0 Å². The van der Waals surface area contributed by atoms with Gasteiger partial charge in [0.1, 0.15) is 6.10 Å². The van der Waals surface area contributed by atoms with Crippen LogP contribution in [0.15, 0.2) is 12.4 Å². The molecule has 1 heterocycles. The van der Waals surface area contributed by atoms with Gasteiger partial charge in [-0.3, -0.25) is 5.10 Å². The van der Waals surface area contributed by atoms with Gasteiger partial charge in [-0.05, 0) is 6.92 Å². The van der Waals surface area contributed by atoms with E-state index in [4.69, 9.17) is 9.84 Å². The van der Waals surface area contributed by atoms with E-state index < -0.39 is 5.97 Å². The Balaban J connectivity index is 2.42. The van der Waals surface area contributed by atoms with Gasteiger partial charge in [-0.1, -0.05) is 0 Å². The average Bonchev–Trinajstić information content (AvgIpc) is 2.55. The van der Waals surface area contributed by atoms with Gasteiger partial charge in [0, 0.05) is 19.2 Å². The van der Waals surface area contributed by atoms with Crippen molar-refractivity contribution in [3.63, 3.8) is 0 Å². The molecular weight excluding hydrogens is 172 g/mol. The maximum Gasteiger partial charge on any atom is 0.341 e. The van der Waals surface area contributed by atoms with Crippen LogP contribution in [-0.2, 0) is 4.74 Å². The summed E-state index contributed by atoms with van der Waals surface area (Å²) < 4.78 is 4.98. The Morgan fingerprint density at radius 1 is 1.85 bits per heavy atom. The van der Waals surface area contributed by atoms with E-state index in [-0.39, 0.29) is 12.7 Å². The zero-order valence-corrected chi connectivity index (χ0v) is 7.36. The summed E-state index contributed by atoms with van der Waals surface area (Å²) in [5.41, 5.74) is 0.393. The fraction of sp³-hybridized carbons (Fsp3) is 0.500. The number of ether oxygens (including phenoxy) is 1. The lowest BCUT2D eigenvalue weighted by molar-refractivity contribution is 0.0290. The number of aromatic amines is 1. The first-order valence-electron chi connectivity index (χ1n) is 4.04. The molecule has 0 aliphatic rings. The number of aromatic nitrogens is 2. The third kappa shape index (κ3) is 2.87. The number of aliphatic hydroxyl groups excluding tert-OH is 1. The maximum atomic E-state index is 11.2. The molecule has 1 unspecified atom stereocenters.